The summed E-state index contributed by atoms with van der Waals surface area (Å²) in [6.07, 6.45) is 2.50. The van der Waals surface area contributed by atoms with Crippen molar-refractivity contribution >= 4 is 21.8 Å². The molecule has 1 atom stereocenters. The maximum Gasteiger partial charge on any atom is 0.224 e. The topological polar surface area (TPSA) is 36.1 Å². The van der Waals surface area contributed by atoms with E-state index in [-0.39, 0.29) is 5.91 Å². The van der Waals surface area contributed by atoms with E-state index in [1.165, 1.54) is 0 Å². The Balaban J connectivity index is 1.99. The molecule has 3 nitrogen and oxygen atoms in total. The van der Waals surface area contributed by atoms with Crippen LogP contribution >= 0.6 is 15.9 Å². The second kappa shape index (κ2) is 3.54. The van der Waals surface area contributed by atoms with E-state index in [1.54, 1.807) is 0 Å². The largest absolute Gasteiger partial charge is 0.364 e. The Kier molecular flexibility index (Phi) is 2.40. The van der Waals surface area contributed by atoms with Crippen LogP contribution in [-0.2, 0) is 11.3 Å². The summed E-state index contributed by atoms with van der Waals surface area (Å²) in [4.78, 5) is 16.7. The third kappa shape index (κ3) is 1.94. The average molecular weight is 243 g/mol. The van der Waals surface area contributed by atoms with Crippen LogP contribution in [0.2, 0.25) is 0 Å². The fourth-order valence-corrected chi connectivity index (χ4v) is 2.17. The molecule has 2 rings (SSSR count). The molecule has 1 aliphatic rings. The number of rotatable bonds is 2. The van der Waals surface area contributed by atoms with Crippen LogP contribution in [0.5, 0.6) is 0 Å². The van der Waals surface area contributed by atoms with Crippen LogP contribution in [0.4, 0.5) is 0 Å². The summed E-state index contributed by atoms with van der Waals surface area (Å²) in [5.74, 6) is 0.233. The Labute approximate surface area is 85.2 Å². The highest BCUT2D eigenvalue weighted by atomic mass is 79.9. The zero-order valence-electron chi connectivity index (χ0n) is 7.16. The van der Waals surface area contributed by atoms with Gasteiger partial charge < -0.3 is 9.88 Å². The van der Waals surface area contributed by atoms with Gasteiger partial charge in [-0.25, -0.2) is 0 Å². The maximum atomic E-state index is 11.4. The lowest BCUT2D eigenvalue weighted by Gasteiger charge is -2.14. The van der Waals surface area contributed by atoms with Gasteiger partial charge >= 0.3 is 0 Å². The van der Waals surface area contributed by atoms with Crippen molar-refractivity contribution < 1.29 is 4.79 Å². The molecule has 0 saturated carbocycles. The van der Waals surface area contributed by atoms with E-state index in [4.69, 9.17) is 0 Å². The average Bonchev–Trinajstić information content (AvgIpc) is 2.63. The Bertz CT molecular complexity index is 297. The molecule has 2 heterocycles. The zero-order chi connectivity index (χ0) is 9.26. The summed E-state index contributed by atoms with van der Waals surface area (Å²) in [6.45, 7) is 1.52. The molecule has 70 valence electrons. The van der Waals surface area contributed by atoms with E-state index in [2.05, 4.69) is 20.9 Å². The van der Waals surface area contributed by atoms with E-state index < -0.39 is 0 Å². The van der Waals surface area contributed by atoms with Gasteiger partial charge in [0.05, 0.1) is 6.54 Å². The number of amides is 1. The van der Waals surface area contributed by atoms with Crippen molar-refractivity contribution in [2.75, 3.05) is 6.54 Å². The summed E-state index contributed by atoms with van der Waals surface area (Å²) < 4.78 is 0. The first kappa shape index (κ1) is 8.81. The van der Waals surface area contributed by atoms with Crippen molar-refractivity contribution in [2.24, 2.45) is 0 Å². The van der Waals surface area contributed by atoms with Gasteiger partial charge in [0.1, 0.15) is 0 Å². The number of nitrogens with one attached hydrogen (secondary N) is 1. The molecular formula is C9H11BrN2O. The number of halogens is 1. The van der Waals surface area contributed by atoms with Crippen molar-refractivity contribution in [1.82, 2.24) is 9.88 Å². The normalized spacial score (nSPS) is 22.7. The SMILES string of the molecule is O=C1CC(Br)CN1Cc1ccc[nH]1. The fourth-order valence-electron chi connectivity index (χ4n) is 1.55. The number of aromatic nitrogens is 1. The summed E-state index contributed by atoms with van der Waals surface area (Å²) in [5.41, 5.74) is 1.09. The highest BCUT2D eigenvalue weighted by molar-refractivity contribution is 9.09. The molecule has 0 bridgehead atoms. The number of aromatic amines is 1. The van der Waals surface area contributed by atoms with Crippen LogP contribution in [0, 0.1) is 0 Å². The zero-order valence-corrected chi connectivity index (χ0v) is 8.75. The number of hydrogen-bond acceptors (Lipinski definition) is 1. The van der Waals surface area contributed by atoms with Crippen molar-refractivity contribution in [1.29, 1.82) is 0 Å². The van der Waals surface area contributed by atoms with E-state index in [9.17, 15) is 4.79 Å². The third-order valence-electron chi connectivity index (χ3n) is 2.19. The third-order valence-corrected chi connectivity index (χ3v) is 2.80. The second-order valence-corrected chi connectivity index (χ2v) is 4.57. The molecule has 0 aromatic carbocycles. The van der Waals surface area contributed by atoms with Crippen molar-refractivity contribution in [2.45, 2.75) is 17.8 Å². The highest BCUT2D eigenvalue weighted by Crippen LogP contribution is 2.19. The molecule has 13 heavy (non-hydrogen) atoms. The molecule has 1 aromatic heterocycles. The van der Waals surface area contributed by atoms with E-state index in [0.29, 0.717) is 17.8 Å². The number of likely N-dealkylation sites (tertiary alicyclic amines) is 1. The summed E-state index contributed by atoms with van der Waals surface area (Å²) >= 11 is 3.45. The number of H-pyrrole nitrogens is 1. The van der Waals surface area contributed by atoms with Crippen LogP contribution in [0.25, 0.3) is 0 Å². The summed E-state index contributed by atoms with van der Waals surface area (Å²) in [5, 5.41) is 0. The highest BCUT2D eigenvalue weighted by Gasteiger charge is 2.27. The first-order valence-corrected chi connectivity index (χ1v) is 5.21. The first-order chi connectivity index (χ1) is 6.25. The van der Waals surface area contributed by atoms with E-state index in [0.717, 1.165) is 12.2 Å². The number of hydrogen-bond donors (Lipinski definition) is 1. The predicted octanol–water partition coefficient (Wildman–Crippen LogP) is 1.51. The summed E-state index contributed by atoms with van der Waals surface area (Å²) in [6, 6.07) is 3.94. The number of carbonyl (C=O) groups is 1. The molecule has 1 aromatic rings. The van der Waals surface area contributed by atoms with Gasteiger partial charge in [-0.15, -0.1) is 0 Å². The second-order valence-electron chi connectivity index (χ2n) is 3.27. The number of carbonyl (C=O) groups excluding carboxylic acids is 1. The minimum absolute atomic E-state index is 0.233. The lowest BCUT2D eigenvalue weighted by atomic mass is 10.4. The molecule has 1 saturated heterocycles. The summed E-state index contributed by atoms with van der Waals surface area (Å²) in [7, 11) is 0. The van der Waals surface area contributed by atoms with Gasteiger partial charge in [-0.1, -0.05) is 15.9 Å². The molecule has 1 unspecified atom stereocenters. The molecule has 4 heteroatoms. The van der Waals surface area contributed by atoms with Gasteiger partial charge in [0, 0.05) is 29.7 Å². The van der Waals surface area contributed by atoms with Gasteiger partial charge in [0.2, 0.25) is 5.91 Å². The molecule has 1 fully saturated rings. The van der Waals surface area contributed by atoms with Crippen LogP contribution < -0.4 is 0 Å². The molecular weight excluding hydrogens is 232 g/mol. The lowest BCUT2D eigenvalue weighted by molar-refractivity contribution is -0.128. The molecule has 0 spiro atoms. The Morgan fingerprint density at radius 1 is 1.69 bits per heavy atom. The van der Waals surface area contributed by atoms with Crippen LogP contribution in [0.3, 0.4) is 0 Å². The van der Waals surface area contributed by atoms with Crippen LogP contribution in [0.1, 0.15) is 12.1 Å². The Morgan fingerprint density at radius 3 is 3.08 bits per heavy atom. The van der Waals surface area contributed by atoms with Gasteiger partial charge in [0.15, 0.2) is 0 Å². The molecule has 1 aliphatic heterocycles. The van der Waals surface area contributed by atoms with Crippen molar-refractivity contribution in [3.05, 3.63) is 24.0 Å². The van der Waals surface area contributed by atoms with Gasteiger partial charge in [0.25, 0.3) is 0 Å². The quantitative estimate of drug-likeness (QED) is 0.785. The molecule has 0 aliphatic carbocycles. The first-order valence-electron chi connectivity index (χ1n) is 4.30. The minimum Gasteiger partial charge on any atom is -0.364 e. The number of nitrogens with zero attached hydrogens (tertiary/aromatic N) is 1. The number of alkyl halides is 1. The monoisotopic (exact) mass is 242 g/mol. The van der Waals surface area contributed by atoms with Gasteiger partial charge in [-0.05, 0) is 12.1 Å². The Hall–Kier alpha value is -0.770. The molecule has 1 amide bonds. The van der Waals surface area contributed by atoms with Gasteiger partial charge in [-0.2, -0.15) is 0 Å². The molecule has 1 N–H and O–H groups in total. The predicted molar refractivity (Wildman–Crippen MR) is 53.5 cm³/mol. The fraction of sp³-hybridized carbons (Fsp3) is 0.444. The van der Waals surface area contributed by atoms with Crippen molar-refractivity contribution in [3.63, 3.8) is 0 Å². The van der Waals surface area contributed by atoms with Crippen LogP contribution in [0.15, 0.2) is 18.3 Å². The standard InChI is InChI=1S/C9H11BrN2O/c10-7-4-9(13)12(5-7)6-8-2-1-3-11-8/h1-3,7,11H,4-6H2. The molecule has 0 radical (unpaired) electrons. The lowest BCUT2D eigenvalue weighted by Crippen LogP contribution is -2.24. The van der Waals surface area contributed by atoms with E-state index >= 15 is 0 Å². The maximum absolute atomic E-state index is 11.4. The van der Waals surface area contributed by atoms with Crippen LogP contribution in [-0.4, -0.2) is 27.2 Å². The smallest absolute Gasteiger partial charge is 0.224 e. The van der Waals surface area contributed by atoms with Crippen molar-refractivity contribution in [3.8, 4) is 0 Å². The minimum atomic E-state index is 0.233. The Morgan fingerprint density at radius 2 is 2.54 bits per heavy atom. The van der Waals surface area contributed by atoms with Gasteiger partial charge in [-0.3, -0.25) is 4.79 Å². The van der Waals surface area contributed by atoms with E-state index in [1.807, 2.05) is 23.2 Å².